The topological polar surface area (TPSA) is 39.4 Å². The van der Waals surface area contributed by atoms with Gasteiger partial charge in [-0.1, -0.05) is 41.8 Å². The fourth-order valence-electron chi connectivity index (χ4n) is 2.05. The van der Waals surface area contributed by atoms with E-state index in [1.54, 1.807) is 18.6 Å². The van der Waals surface area contributed by atoms with Crippen molar-refractivity contribution in [3.8, 4) is 11.8 Å². The van der Waals surface area contributed by atoms with Gasteiger partial charge in [0.05, 0.1) is 12.9 Å². The molecule has 0 spiro atoms. The molecule has 1 aromatic heterocycles. The summed E-state index contributed by atoms with van der Waals surface area (Å²) in [4.78, 5) is 9.33. The van der Waals surface area contributed by atoms with Crippen LogP contribution in [0, 0.1) is 17.8 Å². The fraction of sp³-hybridized carbons (Fsp3) is 0.263. The molecule has 116 valence electrons. The number of hydrogen-bond donors (Lipinski definition) is 0. The molecule has 4 heteroatoms. The Labute approximate surface area is 136 Å². The second-order valence-electron chi connectivity index (χ2n) is 5.48. The molecule has 2 aromatic rings. The van der Waals surface area contributed by atoms with Crippen LogP contribution in [0.2, 0.25) is 0 Å². The molecule has 0 radical (unpaired) electrons. The zero-order valence-electron chi connectivity index (χ0n) is 13.0. The van der Waals surface area contributed by atoms with Gasteiger partial charge in [0.1, 0.15) is 12.3 Å². The first-order valence-electron chi connectivity index (χ1n) is 7.72. The molecular formula is C19H19N3O. The van der Waals surface area contributed by atoms with Crippen molar-refractivity contribution in [3.05, 3.63) is 66.8 Å². The average Bonchev–Trinajstić information content (AvgIpc) is 3.27. The minimum absolute atomic E-state index is 0.387. The minimum Gasteiger partial charge on any atom is -0.391 e. The molecule has 0 aliphatic heterocycles. The Bertz CT molecular complexity index is 729. The van der Waals surface area contributed by atoms with Gasteiger partial charge in [0, 0.05) is 29.4 Å². The summed E-state index contributed by atoms with van der Waals surface area (Å²) in [6.45, 7) is 4.62. The summed E-state index contributed by atoms with van der Waals surface area (Å²) < 4.78 is 1.96. The molecule has 0 unspecified atom stereocenters. The van der Waals surface area contributed by atoms with E-state index in [1.807, 2.05) is 35.0 Å². The van der Waals surface area contributed by atoms with E-state index in [0.717, 1.165) is 16.8 Å². The van der Waals surface area contributed by atoms with Crippen LogP contribution in [-0.4, -0.2) is 21.9 Å². The third-order valence-corrected chi connectivity index (χ3v) is 3.47. The van der Waals surface area contributed by atoms with E-state index in [-0.39, 0.29) is 0 Å². The molecule has 1 aliphatic carbocycles. The molecule has 1 saturated carbocycles. The van der Waals surface area contributed by atoms with Gasteiger partial charge in [0.25, 0.3) is 0 Å². The van der Waals surface area contributed by atoms with Gasteiger partial charge in [0.2, 0.25) is 0 Å². The van der Waals surface area contributed by atoms with Crippen molar-refractivity contribution in [2.45, 2.75) is 19.4 Å². The Morgan fingerprint density at radius 1 is 1.39 bits per heavy atom. The second kappa shape index (κ2) is 7.46. The van der Waals surface area contributed by atoms with E-state index in [4.69, 9.17) is 4.84 Å². The fourth-order valence-corrected chi connectivity index (χ4v) is 2.05. The van der Waals surface area contributed by atoms with Gasteiger partial charge < -0.3 is 9.40 Å². The quantitative estimate of drug-likeness (QED) is 0.270. The molecule has 1 fully saturated rings. The maximum absolute atomic E-state index is 5.27. The summed E-state index contributed by atoms with van der Waals surface area (Å²) in [5, 5.41) is 4.23. The average molecular weight is 305 g/mol. The molecule has 23 heavy (non-hydrogen) atoms. The number of imidazole rings is 1. The molecular weight excluding hydrogens is 286 g/mol. The Morgan fingerprint density at radius 3 is 2.87 bits per heavy atom. The molecule has 0 amide bonds. The van der Waals surface area contributed by atoms with Crippen molar-refractivity contribution >= 4 is 5.71 Å². The standard InChI is InChI=1S/C19H19N3O/c1-2-13-23-21-19(14-22-12-11-20-15-22)18-9-7-17(8-10-18)6-5-16-3-4-16/h2,7-12,15-16H,1,3-4,13-14H2. The molecule has 1 heterocycles. The van der Waals surface area contributed by atoms with E-state index in [0.29, 0.717) is 19.1 Å². The van der Waals surface area contributed by atoms with Crippen molar-refractivity contribution in [2.24, 2.45) is 11.1 Å². The highest BCUT2D eigenvalue weighted by Gasteiger charge is 2.17. The Kier molecular flexibility index (Phi) is 4.90. The summed E-state index contributed by atoms with van der Waals surface area (Å²) in [6, 6.07) is 8.12. The molecule has 0 saturated heterocycles. The highest BCUT2D eigenvalue weighted by molar-refractivity contribution is 6.00. The Morgan fingerprint density at radius 2 is 2.22 bits per heavy atom. The Balaban J connectivity index is 1.76. The molecule has 0 N–H and O–H groups in total. The van der Waals surface area contributed by atoms with Gasteiger partial charge in [-0.2, -0.15) is 0 Å². The van der Waals surface area contributed by atoms with Crippen LogP contribution in [0.5, 0.6) is 0 Å². The van der Waals surface area contributed by atoms with Crippen molar-refractivity contribution in [2.75, 3.05) is 6.61 Å². The molecule has 3 rings (SSSR count). The first-order chi connectivity index (χ1) is 11.3. The van der Waals surface area contributed by atoms with E-state index in [2.05, 4.69) is 28.6 Å². The zero-order chi connectivity index (χ0) is 15.9. The van der Waals surface area contributed by atoms with Gasteiger partial charge in [0.15, 0.2) is 0 Å². The first-order valence-corrected chi connectivity index (χ1v) is 7.72. The van der Waals surface area contributed by atoms with Crippen molar-refractivity contribution in [1.82, 2.24) is 9.55 Å². The number of nitrogens with zero attached hydrogens (tertiary/aromatic N) is 3. The van der Waals surface area contributed by atoms with Gasteiger partial charge in [-0.3, -0.25) is 0 Å². The van der Waals surface area contributed by atoms with Crippen molar-refractivity contribution < 1.29 is 4.84 Å². The largest absolute Gasteiger partial charge is 0.391 e. The normalized spacial score (nSPS) is 14.0. The van der Waals surface area contributed by atoms with Crippen LogP contribution in [0.1, 0.15) is 24.0 Å². The predicted molar refractivity (Wildman–Crippen MR) is 91.0 cm³/mol. The molecule has 1 aliphatic rings. The van der Waals surface area contributed by atoms with Gasteiger partial charge >= 0.3 is 0 Å². The number of benzene rings is 1. The first kappa shape index (κ1) is 15.1. The number of oxime groups is 1. The summed E-state index contributed by atoms with van der Waals surface area (Å²) >= 11 is 0. The maximum atomic E-state index is 5.27. The van der Waals surface area contributed by atoms with Crippen LogP contribution in [0.25, 0.3) is 0 Å². The zero-order valence-corrected chi connectivity index (χ0v) is 13.0. The number of hydrogen-bond acceptors (Lipinski definition) is 3. The Hall–Kier alpha value is -2.80. The molecule has 0 bridgehead atoms. The third kappa shape index (κ3) is 4.58. The lowest BCUT2D eigenvalue weighted by Crippen LogP contribution is -2.11. The smallest absolute Gasteiger partial charge is 0.135 e. The van der Waals surface area contributed by atoms with Gasteiger partial charge in [-0.05, 0) is 25.0 Å². The lowest BCUT2D eigenvalue weighted by molar-refractivity contribution is 0.174. The van der Waals surface area contributed by atoms with Crippen LogP contribution in [0.15, 0.2) is 60.8 Å². The monoisotopic (exact) mass is 305 g/mol. The van der Waals surface area contributed by atoms with Crippen molar-refractivity contribution in [1.29, 1.82) is 0 Å². The highest BCUT2D eigenvalue weighted by atomic mass is 16.6. The van der Waals surface area contributed by atoms with E-state index < -0.39 is 0 Å². The minimum atomic E-state index is 0.387. The molecule has 1 aromatic carbocycles. The van der Waals surface area contributed by atoms with Gasteiger partial charge in [-0.15, -0.1) is 0 Å². The predicted octanol–water partition coefficient (Wildman–Crippen LogP) is 3.25. The maximum Gasteiger partial charge on any atom is 0.135 e. The summed E-state index contributed by atoms with van der Waals surface area (Å²) in [6.07, 6.45) is 9.57. The second-order valence-corrected chi connectivity index (χ2v) is 5.48. The molecule has 0 atom stereocenters. The van der Waals surface area contributed by atoms with Crippen LogP contribution in [-0.2, 0) is 11.4 Å². The SMILES string of the molecule is C=CCON=C(Cn1ccnc1)c1ccc(C#CC2CC2)cc1. The summed E-state index contributed by atoms with van der Waals surface area (Å²) in [5.74, 6) is 7.10. The van der Waals surface area contributed by atoms with Crippen LogP contribution < -0.4 is 0 Å². The lowest BCUT2D eigenvalue weighted by Gasteiger charge is -2.07. The third-order valence-electron chi connectivity index (χ3n) is 3.47. The van der Waals surface area contributed by atoms with Crippen molar-refractivity contribution in [3.63, 3.8) is 0 Å². The number of aromatic nitrogens is 2. The summed E-state index contributed by atoms with van der Waals surface area (Å²) in [5.41, 5.74) is 2.89. The lowest BCUT2D eigenvalue weighted by atomic mass is 10.1. The van der Waals surface area contributed by atoms with Gasteiger partial charge in [-0.25, -0.2) is 4.98 Å². The summed E-state index contributed by atoms with van der Waals surface area (Å²) in [7, 11) is 0. The van der Waals surface area contributed by atoms with Crippen LogP contribution >= 0.6 is 0 Å². The van der Waals surface area contributed by atoms with E-state index in [9.17, 15) is 0 Å². The van der Waals surface area contributed by atoms with E-state index >= 15 is 0 Å². The van der Waals surface area contributed by atoms with E-state index in [1.165, 1.54) is 12.8 Å². The van der Waals surface area contributed by atoms with Crippen LogP contribution in [0.3, 0.4) is 0 Å². The molecule has 4 nitrogen and oxygen atoms in total. The van der Waals surface area contributed by atoms with Crippen LogP contribution in [0.4, 0.5) is 0 Å². The number of rotatable bonds is 6. The highest BCUT2D eigenvalue weighted by Crippen LogP contribution is 2.27.